The van der Waals surface area contributed by atoms with Gasteiger partial charge >= 0.3 is 0 Å². The lowest BCUT2D eigenvalue weighted by Gasteiger charge is -2.17. The molecule has 1 aromatic rings. The summed E-state index contributed by atoms with van der Waals surface area (Å²) in [4.78, 5) is 13.8. The summed E-state index contributed by atoms with van der Waals surface area (Å²) in [5.74, 6) is 1.63. The van der Waals surface area contributed by atoms with Crippen LogP contribution in [0.1, 0.15) is 18.1 Å². The Kier molecular flexibility index (Phi) is 3.45. The number of hydrogen-bond donors (Lipinski definition) is 0. The van der Waals surface area contributed by atoms with Crippen molar-refractivity contribution in [2.75, 3.05) is 21.3 Å². The van der Waals surface area contributed by atoms with Gasteiger partial charge < -0.3 is 14.4 Å². The zero-order valence-electron chi connectivity index (χ0n) is 11.3. The fourth-order valence-corrected chi connectivity index (χ4v) is 2.43. The van der Waals surface area contributed by atoms with Crippen LogP contribution in [0.2, 0.25) is 0 Å². The Hall–Kier alpha value is -1.71. The molecule has 0 aliphatic carbocycles. The monoisotopic (exact) mass is 249 g/mol. The van der Waals surface area contributed by atoms with Gasteiger partial charge in [0.2, 0.25) is 5.91 Å². The van der Waals surface area contributed by atoms with Crippen molar-refractivity contribution in [1.29, 1.82) is 0 Å². The Bertz CT molecular complexity index is 429. The third-order valence-electron chi connectivity index (χ3n) is 3.44. The van der Waals surface area contributed by atoms with E-state index in [0.717, 1.165) is 23.3 Å². The topological polar surface area (TPSA) is 38.8 Å². The van der Waals surface area contributed by atoms with Crippen molar-refractivity contribution in [1.82, 2.24) is 4.90 Å². The molecule has 0 spiro atoms. The minimum atomic E-state index is 0.00866. The highest BCUT2D eigenvalue weighted by Gasteiger charge is 2.25. The van der Waals surface area contributed by atoms with Crippen molar-refractivity contribution in [2.24, 2.45) is 5.92 Å². The summed E-state index contributed by atoms with van der Waals surface area (Å²) in [5.41, 5.74) is 2.30. The van der Waals surface area contributed by atoms with E-state index in [1.807, 2.05) is 26.1 Å². The maximum absolute atomic E-state index is 12.0. The molecule has 0 fully saturated rings. The van der Waals surface area contributed by atoms with E-state index in [1.165, 1.54) is 0 Å². The van der Waals surface area contributed by atoms with Crippen LogP contribution in [0.5, 0.6) is 11.5 Å². The summed E-state index contributed by atoms with van der Waals surface area (Å²) >= 11 is 0. The van der Waals surface area contributed by atoms with Crippen molar-refractivity contribution < 1.29 is 14.3 Å². The van der Waals surface area contributed by atoms with Crippen LogP contribution in [0.15, 0.2) is 12.1 Å². The molecule has 0 saturated carbocycles. The second-order valence-electron chi connectivity index (χ2n) is 4.78. The van der Waals surface area contributed by atoms with Crippen LogP contribution in [0.25, 0.3) is 0 Å². The van der Waals surface area contributed by atoms with Crippen molar-refractivity contribution >= 4 is 5.91 Å². The summed E-state index contributed by atoms with van der Waals surface area (Å²) in [7, 11) is 5.09. The zero-order valence-corrected chi connectivity index (χ0v) is 11.3. The van der Waals surface area contributed by atoms with Crippen molar-refractivity contribution in [2.45, 2.75) is 19.9 Å². The summed E-state index contributed by atoms with van der Waals surface area (Å²) in [6, 6.07) is 3.95. The van der Waals surface area contributed by atoms with Crippen LogP contribution in [0, 0.1) is 5.92 Å². The molecule has 1 aromatic carbocycles. The predicted octanol–water partition coefficient (Wildman–Crippen LogP) is 1.85. The number of hydrogen-bond acceptors (Lipinski definition) is 3. The van der Waals surface area contributed by atoms with Crippen LogP contribution in [0.3, 0.4) is 0 Å². The smallest absolute Gasteiger partial charge is 0.225 e. The molecule has 0 saturated heterocycles. The van der Waals surface area contributed by atoms with E-state index in [9.17, 15) is 4.79 Å². The van der Waals surface area contributed by atoms with Gasteiger partial charge in [-0.3, -0.25) is 4.79 Å². The standard InChI is InChI=1S/C14H19NO3/c1-9-5-10-6-12(17-3)13(18-4)7-11(10)8-15(2)14(9)16/h6-7,9H,5,8H2,1-4H3. The fraction of sp³-hybridized carbons (Fsp3) is 0.500. The van der Waals surface area contributed by atoms with Gasteiger partial charge in [-0.05, 0) is 29.7 Å². The molecule has 2 rings (SSSR count). The zero-order chi connectivity index (χ0) is 13.3. The first-order valence-corrected chi connectivity index (χ1v) is 6.05. The first-order chi connectivity index (χ1) is 8.56. The Labute approximate surface area is 107 Å². The van der Waals surface area contributed by atoms with Crippen LogP contribution >= 0.6 is 0 Å². The molecule has 1 aliphatic rings. The molecule has 0 aromatic heterocycles. The maximum Gasteiger partial charge on any atom is 0.225 e. The van der Waals surface area contributed by atoms with E-state index in [2.05, 4.69) is 0 Å². The molecule has 1 amide bonds. The largest absolute Gasteiger partial charge is 0.493 e. The van der Waals surface area contributed by atoms with Gasteiger partial charge in [0.15, 0.2) is 11.5 Å². The highest BCUT2D eigenvalue weighted by Crippen LogP contribution is 2.33. The Balaban J connectivity index is 2.47. The molecule has 1 atom stereocenters. The van der Waals surface area contributed by atoms with E-state index in [-0.39, 0.29) is 11.8 Å². The molecule has 1 unspecified atom stereocenters. The van der Waals surface area contributed by atoms with Gasteiger partial charge in [0.25, 0.3) is 0 Å². The van der Waals surface area contributed by atoms with E-state index >= 15 is 0 Å². The number of amides is 1. The summed E-state index contributed by atoms with van der Waals surface area (Å²) in [5, 5.41) is 0. The minimum Gasteiger partial charge on any atom is -0.493 e. The lowest BCUT2D eigenvalue weighted by molar-refractivity contribution is -0.133. The van der Waals surface area contributed by atoms with Crippen molar-refractivity contribution in [3.63, 3.8) is 0 Å². The average Bonchev–Trinajstić information content (AvgIpc) is 2.47. The number of methoxy groups -OCH3 is 2. The molecule has 18 heavy (non-hydrogen) atoms. The number of carbonyl (C=O) groups is 1. The highest BCUT2D eigenvalue weighted by molar-refractivity contribution is 5.79. The van der Waals surface area contributed by atoms with Gasteiger partial charge in [0, 0.05) is 19.5 Å². The van der Waals surface area contributed by atoms with E-state index in [4.69, 9.17) is 9.47 Å². The number of fused-ring (bicyclic) bond motifs is 1. The quantitative estimate of drug-likeness (QED) is 0.803. The van der Waals surface area contributed by atoms with E-state index in [0.29, 0.717) is 12.3 Å². The molecular weight excluding hydrogens is 230 g/mol. The summed E-state index contributed by atoms with van der Waals surface area (Å²) in [6.45, 7) is 2.59. The molecule has 1 heterocycles. The van der Waals surface area contributed by atoms with Crippen molar-refractivity contribution in [3.8, 4) is 11.5 Å². The summed E-state index contributed by atoms with van der Waals surface area (Å²) in [6.07, 6.45) is 0.749. The van der Waals surface area contributed by atoms with Gasteiger partial charge in [0.1, 0.15) is 0 Å². The predicted molar refractivity (Wildman–Crippen MR) is 68.9 cm³/mol. The lowest BCUT2D eigenvalue weighted by atomic mass is 9.98. The van der Waals surface area contributed by atoms with E-state index < -0.39 is 0 Å². The van der Waals surface area contributed by atoms with Gasteiger partial charge in [-0.2, -0.15) is 0 Å². The first-order valence-electron chi connectivity index (χ1n) is 6.05. The Morgan fingerprint density at radius 3 is 2.28 bits per heavy atom. The first kappa shape index (κ1) is 12.7. The molecule has 0 N–H and O–H groups in total. The Morgan fingerprint density at radius 1 is 1.17 bits per heavy atom. The lowest BCUT2D eigenvalue weighted by Crippen LogP contribution is -2.29. The van der Waals surface area contributed by atoms with E-state index in [1.54, 1.807) is 19.1 Å². The molecule has 98 valence electrons. The third kappa shape index (κ3) is 2.15. The second kappa shape index (κ2) is 4.88. The van der Waals surface area contributed by atoms with Gasteiger partial charge in [-0.1, -0.05) is 6.92 Å². The van der Waals surface area contributed by atoms with Crippen LogP contribution < -0.4 is 9.47 Å². The summed E-state index contributed by atoms with van der Waals surface area (Å²) < 4.78 is 10.6. The number of carbonyl (C=O) groups excluding carboxylic acids is 1. The third-order valence-corrected chi connectivity index (χ3v) is 3.44. The average molecular weight is 249 g/mol. The maximum atomic E-state index is 12.0. The van der Waals surface area contributed by atoms with Gasteiger partial charge in [0.05, 0.1) is 14.2 Å². The van der Waals surface area contributed by atoms with Crippen LogP contribution in [0.4, 0.5) is 0 Å². The molecule has 0 radical (unpaired) electrons. The molecule has 0 bridgehead atoms. The van der Waals surface area contributed by atoms with Crippen LogP contribution in [-0.4, -0.2) is 32.1 Å². The van der Waals surface area contributed by atoms with Crippen LogP contribution in [-0.2, 0) is 17.8 Å². The fourth-order valence-electron chi connectivity index (χ4n) is 2.43. The number of benzene rings is 1. The molecular formula is C14H19NO3. The molecule has 4 heteroatoms. The second-order valence-corrected chi connectivity index (χ2v) is 4.78. The Morgan fingerprint density at radius 2 is 1.72 bits per heavy atom. The van der Waals surface area contributed by atoms with Gasteiger partial charge in [-0.25, -0.2) is 0 Å². The molecule has 1 aliphatic heterocycles. The van der Waals surface area contributed by atoms with Gasteiger partial charge in [-0.15, -0.1) is 0 Å². The number of ether oxygens (including phenoxy) is 2. The highest BCUT2D eigenvalue weighted by atomic mass is 16.5. The number of nitrogens with zero attached hydrogens (tertiary/aromatic N) is 1. The molecule has 4 nitrogen and oxygen atoms in total. The SMILES string of the molecule is COc1cc2c(cc1OC)CN(C)C(=O)C(C)C2. The number of rotatable bonds is 2. The van der Waals surface area contributed by atoms with Crippen molar-refractivity contribution in [3.05, 3.63) is 23.3 Å². The minimum absolute atomic E-state index is 0.00866. The normalized spacial score (nSPS) is 19.2.